The van der Waals surface area contributed by atoms with Crippen LogP contribution in [0.2, 0.25) is 0 Å². The number of carboxylic acids is 1. The normalized spacial score (nSPS) is 21.8. The number of carboxylic acid groups (broad SMARTS) is 1. The number of nitrogens with zero attached hydrogens (tertiary/aromatic N) is 1. The summed E-state index contributed by atoms with van der Waals surface area (Å²) in [7, 11) is -3.85. The summed E-state index contributed by atoms with van der Waals surface area (Å²) in [4.78, 5) is 10.8. The van der Waals surface area contributed by atoms with Crippen LogP contribution in [0.5, 0.6) is 0 Å². The van der Waals surface area contributed by atoms with E-state index in [-0.39, 0.29) is 11.0 Å². The highest BCUT2D eigenvalue weighted by molar-refractivity contribution is 7.89. The molecular weight excluding hydrogens is 258 g/mol. The van der Waals surface area contributed by atoms with E-state index in [1.807, 2.05) is 0 Å². The maximum absolute atomic E-state index is 11.9. The van der Waals surface area contributed by atoms with Gasteiger partial charge in [0.2, 0.25) is 0 Å². The molecule has 0 saturated heterocycles. The van der Waals surface area contributed by atoms with Gasteiger partial charge < -0.3 is 5.11 Å². The SMILES string of the molecule is CC1(C)CC1CNS(=O)(=O)c1[nH]ncc1C(=O)O. The van der Waals surface area contributed by atoms with E-state index in [1.165, 1.54) is 0 Å². The molecule has 1 unspecified atom stereocenters. The van der Waals surface area contributed by atoms with Gasteiger partial charge in [0.15, 0.2) is 5.03 Å². The van der Waals surface area contributed by atoms with Gasteiger partial charge in [-0.2, -0.15) is 5.10 Å². The molecule has 1 aromatic rings. The van der Waals surface area contributed by atoms with Crippen molar-refractivity contribution in [1.29, 1.82) is 0 Å². The van der Waals surface area contributed by atoms with Crippen molar-refractivity contribution in [3.8, 4) is 0 Å². The van der Waals surface area contributed by atoms with Crippen molar-refractivity contribution in [2.75, 3.05) is 6.54 Å². The highest BCUT2D eigenvalue weighted by Gasteiger charge is 2.45. The van der Waals surface area contributed by atoms with Crippen LogP contribution in [0, 0.1) is 11.3 Å². The lowest BCUT2D eigenvalue weighted by atomic mass is 10.1. The van der Waals surface area contributed by atoms with E-state index >= 15 is 0 Å². The Kier molecular flexibility index (Phi) is 2.94. The van der Waals surface area contributed by atoms with E-state index in [9.17, 15) is 13.2 Å². The van der Waals surface area contributed by atoms with E-state index in [0.29, 0.717) is 12.5 Å². The monoisotopic (exact) mass is 273 g/mol. The molecule has 1 fully saturated rings. The maximum Gasteiger partial charge on any atom is 0.340 e. The van der Waals surface area contributed by atoms with Gasteiger partial charge in [-0.25, -0.2) is 17.9 Å². The Bertz CT molecular complexity index is 576. The number of hydrogen-bond acceptors (Lipinski definition) is 4. The lowest BCUT2D eigenvalue weighted by Crippen LogP contribution is -2.28. The molecule has 2 rings (SSSR count). The molecular formula is C10H15N3O4S. The first kappa shape index (κ1) is 13.0. The van der Waals surface area contributed by atoms with E-state index in [4.69, 9.17) is 5.11 Å². The Labute approximate surface area is 105 Å². The lowest BCUT2D eigenvalue weighted by Gasteiger charge is -2.06. The summed E-state index contributed by atoms with van der Waals surface area (Å²) in [6, 6.07) is 0. The second-order valence-electron chi connectivity index (χ2n) is 5.16. The second kappa shape index (κ2) is 4.06. The zero-order valence-corrected chi connectivity index (χ0v) is 10.9. The number of rotatable bonds is 5. The van der Waals surface area contributed by atoms with Crippen molar-refractivity contribution in [2.24, 2.45) is 11.3 Å². The molecule has 8 heteroatoms. The highest BCUT2D eigenvalue weighted by atomic mass is 32.2. The molecule has 0 amide bonds. The summed E-state index contributed by atoms with van der Waals surface area (Å²) in [5.41, 5.74) is -0.191. The number of aromatic nitrogens is 2. The van der Waals surface area contributed by atoms with Crippen LogP contribution >= 0.6 is 0 Å². The van der Waals surface area contributed by atoms with Gasteiger partial charge in [-0.05, 0) is 17.8 Å². The first-order chi connectivity index (χ1) is 8.24. The molecule has 1 aliphatic rings. The number of nitrogens with one attached hydrogen (secondary N) is 2. The van der Waals surface area contributed by atoms with Gasteiger partial charge >= 0.3 is 5.97 Å². The van der Waals surface area contributed by atoms with Crippen LogP contribution in [0.3, 0.4) is 0 Å². The summed E-state index contributed by atoms with van der Waals surface area (Å²) >= 11 is 0. The molecule has 1 saturated carbocycles. The number of aromatic carboxylic acids is 1. The van der Waals surface area contributed by atoms with E-state index in [0.717, 1.165) is 12.6 Å². The van der Waals surface area contributed by atoms with Crippen LogP contribution in [-0.2, 0) is 10.0 Å². The minimum Gasteiger partial charge on any atom is -0.478 e. The third-order valence-corrected chi connectivity index (χ3v) is 4.74. The number of aromatic amines is 1. The lowest BCUT2D eigenvalue weighted by molar-refractivity contribution is 0.0692. The van der Waals surface area contributed by atoms with Crippen molar-refractivity contribution in [3.05, 3.63) is 11.8 Å². The number of carbonyl (C=O) groups is 1. The summed E-state index contributed by atoms with van der Waals surface area (Å²) in [5, 5.41) is 14.1. The average molecular weight is 273 g/mol. The summed E-state index contributed by atoms with van der Waals surface area (Å²) in [6.07, 6.45) is 1.95. The van der Waals surface area contributed by atoms with Crippen LogP contribution in [0.15, 0.2) is 11.2 Å². The second-order valence-corrected chi connectivity index (χ2v) is 6.86. The Hall–Kier alpha value is -1.41. The fraction of sp³-hybridized carbons (Fsp3) is 0.600. The quantitative estimate of drug-likeness (QED) is 0.720. The van der Waals surface area contributed by atoms with E-state index < -0.39 is 21.0 Å². The fourth-order valence-corrected chi connectivity index (χ4v) is 3.01. The molecule has 0 spiro atoms. The molecule has 1 heterocycles. The number of H-pyrrole nitrogens is 1. The van der Waals surface area contributed by atoms with Crippen molar-refractivity contribution in [1.82, 2.24) is 14.9 Å². The molecule has 3 N–H and O–H groups in total. The Morgan fingerprint density at radius 3 is 2.78 bits per heavy atom. The number of sulfonamides is 1. The molecule has 0 aromatic carbocycles. The van der Waals surface area contributed by atoms with Crippen molar-refractivity contribution < 1.29 is 18.3 Å². The van der Waals surface area contributed by atoms with Crippen molar-refractivity contribution in [2.45, 2.75) is 25.3 Å². The van der Waals surface area contributed by atoms with Gasteiger partial charge in [0.25, 0.3) is 10.0 Å². The van der Waals surface area contributed by atoms with Crippen LogP contribution in [-0.4, -0.2) is 36.2 Å². The third-order valence-electron chi connectivity index (χ3n) is 3.34. The Morgan fingerprint density at radius 1 is 1.67 bits per heavy atom. The molecule has 7 nitrogen and oxygen atoms in total. The molecule has 0 aliphatic heterocycles. The molecule has 100 valence electrons. The molecule has 0 bridgehead atoms. The summed E-state index contributed by atoms with van der Waals surface area (Å²) < 4.78 is 26.2. The summed E-state index contributed by atoms with van der Waals surface area (Å²) in [6.45, 7) is 4.43. The van der Waals surface area contributed by atoms with Gasteiger partial charge in [0, 0.05) is 6.54 Å². The topological polar surface area (TPSA) is 112 Å². The van der Waals surface area contributed by atoms with E-state index in [2.05, 4.69) is 28.8 Å². The predicted molar refractivity (Wildman–Crippen MR) is 62.6 cm³/mol. The third kappa shape index (κ3) is 2.39. The van der Waals surface area contributed by atoms with E-state index in [1.54, 1.807) is 0 Å². The van der Waals surface area contributed by atoms with Crippen LogP contribution in [0.1, 0.15) is 30.6 Å². The average Bonchev–Trinajstić information content (AvgIpc) is 2.68. The first-order valence-corrected chi connectivity index (χ1v) is 6.99. The Morgan fingerprint density at radius 2 is 2.28 bits per heavy atom. The van der Waals surface area contributed by atoms with Gasteiger partial charge in [0.05, 0.1) is 6.20 Å². The standard InChI is InChI=1S/C10H15N3O4S/c1-10(2)3-6(10)4-12-18(16,17)8-7(9(14)15)5-11-13-8/h5-6,12H,3-4H2,1-2H3,(H,11,13)(H,14,15). The highest BCUT2D eigenvalue weighted by Crippen LogP contribution is 2.51. The molecule has 1 atom stereocenters. The number of hydrogen-bond donors (Lipinski definition) is 3. The minimum atomic E-state index is -3.85. The minimum absolute atomic E-state index is 0.159. The smallest absolute Gasteiger partial charge is 0.340 e. The fourth-order valence-electron chi connectivity index (χ4n) is 1.84. The van der Waals surface area contributed by atoms with Gasteiger partial charge in [-0.15, -0.1) is 0 Å². The largest absolute Gasteiger partial charge is 0.478 e. The first-order valence-electron chi connectivity index (χ1n) is 5.50. The predicted octanol–water partition coefficient (Wildman–Crippen LogP) is 0.432. The van der Waals surface area contributed by atoms with Crippen molar-refractivity contribution >= 4 is 16.0 Å². The molecule has 1 aliphatic carbocycles. The zero-order chi connectivity index (χ0) is 13.6. The molecule has 1 aromatic heterocycles. The van der Waals surface area contributed by atoms with Gasteiger partial charge in [-0.1, -0.05) is 13.8 Å². The zero-order valence-electron chi connectivity index (χ0n) is 10.1. The maximum atomic E-state index is 11.9. The molecule has 0 radical (unpaired) electrons. The van der Waals surface area contributed by atoms with Crippen molar-refractivity contribution in [3.63, 3.8) is 0 Å². The van der Waals surface area contributed by atoms with Crippen LogP contribution in [0.25, 0.3) is 0 Å². The van der Waals surface area contributed by atoms with Crippen LogP contribution in [0.4, 0.5) is 0 Å². The van der Waals surface area contributed by atoms with Crippen LogP contribution < -0.4 is 4.72 Å². The Balaban J connectivity index is 2.11. The molecule has 18 heavy (non-hydrogen) atoms. The summed E-state index contributed by atoms with van der Waals surface area (Å²) in [5.74, 6) is -1.03. The van der Waals surface area contributed by atoms with Gasteiger partial charge in [-0.3, -0.25) is 5.10 Å². The van der Waals surface area contributed by atoms with Gasteiger partial charge in [0.1, 0.15) is 5.56 Å².